The van der Waals surface area contributed by atoms with Gasteiger partial charge >= 0.3 is 5.97 Å². The van der Waals surface area contributed by atoms with Gasteiger partial charge < -0.3 is 22.1 Å². The lowest BCUT2D eigenvalue weighted by atomic mass is 10.2. The van der Waals surface area contributed by atoms with E-state index in [9.17, 15) is 4.79 Å². The average Bonchev–Trinajstić information content (AvgIpc) is 2.79. The number of halogens is 1. The van der Waals surface area contributed by atoms with Gasteiger partial charge in [0.25, 0.3) is 0 Å². The third-order valence-corrected chi connectivity index (χ3v) is 9.68. The van der Waals surface area contributed by atoms with Gasteiger partial charge in [0.1, 0.15) is 23.2 Å². The summed E-state index contributed by atoms with van der Waals surface area (Å²) in [6, 6.07) is 32.4. The summed E-state index contributed by atoms with van der Waals surface area (Å²) in [7, 11) is -1.91. The van der Waals surface area contributed by atoms with Crippen LogP contribution in [0.1, 0.15) is 13.8 Å². The van der Waals surface area contributed by atoms with Crippen molar-refractivity contribution in [3.63, 3.8) is 0 Å². The molecule has 32 heavy (non-hydrogen) atoms. The van der Waals surface area contributed by atoms with E-state index >= 15 is 0 Å². The smallest absolute Gasteiger partial charge is 0.328 e. The van der Waals surface area contributed by atoms with Crippen molar-refractivity contribution in [3.05, 3.63) is 126 Å². The Balaban J connectivity index is 0.00000363. The van der Waals surface area contributed by atoms with Gasteiger partial charge in [-0.15, -0.1) is 0 Å². The van der Waals surface area contributed by atoms with Crippen LogP contribution in [0.2, 0.25) is 0 Å². The maximum Gasteiger partial charge on any atom is 0.328 e. The Labute approximate surface area is 202 Å². The summed E-state index contributed by atoms with van der Waals surface area (Å²) in [5.74, 6) is -0.926. The molecule has 3 aromatic carbocycles. The highest BCUT2D eigenvalue weighted by molar-refractivity contribution is 7.95. The van der Waals surface area contributed by atoms with Crippen LogP contribution in [0.15, 0.2) is 126 Å². The quantitative estimate of drug-likeness (QED) is 0.289. The van der Waals surface area contributed by atoms with E-state index in [0.29, 0.717) is 5.57 Å². The molecule has 1 N–H and O–H groups in total. The molecule has 164 valence electrons. The lowest BCUT2D eigenvalue weighted by Gasteiger charge is -2.28. The van der Waals surface area contributed by atoms with Crippen LogP contribution >= 0.6 is 7.26 Å². The molecule has 3 rings (SSSR count). The molecule has 0 aromatic heterocycles. The van der Waals surface area contributed by atoms with E-state index in [1.807, 2.05) is 12.2 Å². The van der Waals surface area contributed by atoms with Crippen molar-refractivity contribution < 1.29 is 26.9 Å². The Morgan fingerprint density at radius 3 is 1.56 bits per heavy atom. The minimum absolute atomic E-state index is 0. The van der Waals surface area contributed by atoms with Crippen LogP contribution < -0.4 is 32.9 Å². The predicted molar refractivity (Wildman–Crippen MR) is 134 cm³/mol. The lowest BCUT2D eigenvalue weighted by molar-refractivity contribution is -0.131. The number of benzene rings is 3. The maximum atomic E-state index is 10.8. The van der Waals surface area contributed by atoms with Gasteiger partial charge in [-0.05, 0) is 61.4 Å². The molecule has 0 atom stereocenters. The van der Waals surface area contributed by atoms with Crippen LogP contribution in [0, 0.1) is 0 Å². The zero-order chi connectivity index (χ0) is 22.1. The van der Waals surface area contributed by atoms with Crippen LogP contribution in [0.5, 0.6) is 0 Å². The third kappa shape index (κ3) is 6.38. The molecule has 3 aromatic rings. The number of carboxylic acid groups (broad SMARTS) is 1. The van der Waals surface area contributed by atoms with Gasteiger partial charge in [-0.25, -0.2) is 4.79 Å². The highest BCUT2D eigenvalue weighted by atomic mass is 79.9. The fourth-order valence-corrected chi connectivity index (χ4v) is 8.14. The molecule has 0 heterocycles. The SMILES string of the molecule is CC(/C=C/C=C(\C)C[P+](c1ccccc1)(c1ccccc1)c1ccccc1)=C\C(=O)O.[Br-]. The summed E-state index contributed by atoms with van der Waals surface area (Å²) in [5, 5.41) is 13.0. The van der Waals surface area contributed by atoms with Gasteiger partial charge in [-0.1, -0.05) is 72.8 Å². The van der Waals surface area contributed by atoms with Crippen molar-refractivity contribution in [1.29, 1.82) is 0 Å². The molecule has 0 spiro atoms. The van der Waals surface area contributed by atoms with E-state index in [0.717, 1.165) is 6.16 Å². The fraction of sp³-hybridized carbons (Fsp3) is 0.107. The van der Waals surface area contributed by atoms with Gasteiger partial charge in [-0.2, -0.15) is 0 Å². The summed E-state index contributed by atoms with van der Waals surface area (Å²) in [6.07, 6.45) is 8.01. The number of carbonyl (C=O) groups is 1. The summed E-state index contributed by atoms with van der Waals surface area (Å²) < 4.78 is 0. The molecule has 0 fully saturated rings. The highest BCUT2D eigenvalue weighted by Crippen LogP contribution is 2.56. The summed E-state index contributed by atoms with van der Waals surface area (Å²) in [5.41, 5.74) is 1.97. The highest BCUT2D eigenvalue weighted by Gasteiger charge is 2.45. The lowest BCUT2D eigenvalue weighted by Crippen LogP contribution is -3.00. The number of hydrogen-bond acceptors (Lipinski definition) is 1. The van der Waals surface area contributed by atoms with Gasteiger partial charge in [0.05, 0.1) is 6.16 Å². The number of hydrogen-bond donors (Lipinski definition) is 1. The third-order valence-electron chi connectivity index (χ3n) is 5.17. The van der Waals surface area contributed by atoms with Crippen LogP contribution in [0.3, 0.4) is 0 Å². The largest absolute Gasteiger partial charge is 1.00 e. The van der Waals surface area contributed by atoms with Crippen molar-refractivity contribution in [3.8, 4) is 0 Å². The fourth-order valence-electron chi connectivity index (χ4n) is 3.80. The van der Waals surface area contributed by atoms with Crippen LogP contribution in [0.25, 0.3) is 0 Å². The van der Waals surface area contributed by atoms with E-state index in [2.05, 4.69) is 104 Å². The predicted octanol–water partition coefficient (Wildman–Crippen LogP) is 2.52. The van der Waals surface area contributed by atoms with Gasteiger partial charge in [-0.3, -0.25) is 0 Å². The number of rotatable bonds is 8. The molecular weight excluding hydrogens is 479 g/mol. The second kappa shape index (κ2) is 12.3. The van der Waals surface area contributed by atoms with Crippen molar-refractivity contribution in [2.24, 2.45) is 0 Å². The normalized spacial score (nSPS) is 12.4. The second-order valence-corrected chi connectivity index (χ2v) is 11.1. The van der Waals surface area contributed by atoms with E-state index in [1.165, 1.54) is 27.6 Å². The molecule has 0 bridgehead atoms. The number of allylic oxidation sites excluding steroid dienone is 5. The first-order chi connectivity index (χ1) is 15.0. The second-order valence-electron chi connectivity index (χ2n) is 7.57. The first kappa shape index (κ1) is 25.5. The van der Waals surface area contributed by atoms with E-state index in [1.54, 1.807) is 6.92 Å². The number of carboxylic acids is 1. The first-order valence-corrected chi connectivity index (χ1v) is 12.3. The molecule has 0 aliphatic heterocycles. The van der Waals surface area contributed by atoms with Crippen molar-refractivity contribution >= 4 is 29.1 Å². The molecular formula is C28H28BrO2P. The van der Waals surface area contributed by atoms with Gasteiger partial charge in [0, 0.05) is 6.08 Å². The summed E-state index contributed by atoms with van der Waals surface area (Å²) in [6.45, 7) is 3.95. The molecule has 0 aliphatic carbocycles. The molecule has 0 saturated heterocycles. The van der Waals surface area contributed by atoms with Crippen LogP contribution in [-0.4, -0.2) is 17.2 Å². The molecule has 4 heteroatoms. The first-order valence-electron chi connectivity index (χ1n) is 10.3. The molecule has 0 saturated carbocycles. The van der Waals surface area contributed by atoms with Crippen molar-refractivity contribution in [2.45, 2.75) is 13.8 Å². The van der Waals surface area contributed by atoms with E-state index in [-0.39, 0.29) is 17.0 Å². The maximum absolute atomic E-state index is 10.8. The van der Waals surface area contributed by atoms with E-state index in [4.69, 9.17) is 5.11 Å². The molecule has 2 nitrogen and oxygen atoms in total. The Hall–Kier alpha value is -2.74. The minimum Gasteiger partial charge on any atom is -1.00 e. The molecule has 0 unspecified atom stereocenters. The van der Waals surface area contributed by atoms with Crippen molar-refractivity contribution in [1.82, 2.24) is 0 Å². The van der Waals surface area contributed by atoms with E-state index < -0.39 is 13.2 Å². The Bertz CT molecular complexity index is 991. The zero-order valence-corrected chi connectivity index (χ0v) is 20.8. The van der Waals surface area contributed by atoms with Gasteiger partial charge in [0.2, 0.25) is 0 Å². The zero-order valence-electron chi connectivity index (χ0n) is 18.4. The van der Waals surface area contributed by atoms with Crippen LogP contribution in [0.4, 0.5) is 0 Å². The summed E-state index contributed by atoms with van der Waals surface area (Å²) >= 11 is 0. The summed E-state index contributed by atoms with van der Waals surface area (Å²) in [4.78, 5) is 10.8. The monoisotopic (exact) mass is 506 g/mol. The molecule has 0 radical (unpaired) electrons. The topological polar surface area (TPSA) is 37.3 Å². The Kier molecular flexibility index (Phi) is 9.84. The number of aliphatic carboxylic acids is 1. The van der Waals surface area contributed by atoms with Crippen LogP contribution in [-0.2, 0) is 4.79 Å². The Morgan fingerprint density at radius 1 is 0.781 bits per heavy atom. The molecule has 0 amide bonds. The van der Waals surface area contributed by atoms with Gasteiger partial charge in [0.15, 0.2) is 0 Å². The molecule has 0 aliphatic rings. The van der Waals surface area contributed by atoms with Crippen molar-refractivity contribution in [2.75, 3.05) is 6.16 Å². The minimum atomic E-state index is -1.91. The standard InChI is InChI=1S/C28H27O2P.BrH/c1-23(21-28(29)30)13-12-14-24(2)22-31(25-15-6-3-7-16-25,26-17-8-4-9-18-26)27-19-10-5-11-20-27;/h3-21H,22H2,1-2H3;1H/b13-12+,23-21+,24-14+;. The Morgan fingerprint density at radius 2 is 1.19 bits per heavy atom. The average molecular weight is 507 g/mol.